The van der Waals surface area contributed by atoms with Crippen LogP contribution in [0, 0.1) is 12.8 Å². The molecule has 0 aromatic heterocycles. The van der Waals surface area contributed by atoms with Crippen LogP contribution in [-0.4, -0.2) is 49.6 Å². The minimum atomic E-state index is -3.76. The van der Waals surface area contributed by atoms with Gasteiger partial charge in [-0.25, -0.2) is 17.9 Å². The number of aliphatic hydroxyl groups is 1. The zero-order valence-electron chi connectivity index (χ0n) is 17.4. The van der Waals surface area contributed by atoms with E-state index in [4.69, 9.17) is 14.2 Å². The highest BCUT2D eigenvalue weighted by Crippen LogP contribution is 2.46. The van der Waals surface area contributed by atoms with Crippen molar-refractivity contribution in [3.8, 4) is 0 Å². The van der Waals surface area contributed by atoms with E-state index in [1.807, 2.05) is 19.1 Å². The van der Waals surface area contributed by atoms with Crippen LogP contribution < -0.4 is 4.72 Å². The Morgan fingerprint density at radius 2 is 1.87 bits per heavy atom. The first kappa shape index (κ1) is 21.3. The Morgan fingerprint density at radius 3 is 2.53 bits per heavy atom. The van der Waals surface area contributed by atoms with Crippen molar-refractivity contribution in [2.45, 2.75) is 70.0 Å². The number of hydrogen-bond acceptors (Lipinski definition) is 7. The fourth-order valence-electron chi connectivity index (χ4n) is 4.54. The molecule has 5 atom stereocenters. The Bertz CT molecular complexity index is 983. The summed E-state index contributed by atoms with van der Waals surface area (Å²) in [7, 11) is -3.76. The maximum absolute atomic E-state index is 13.0. The smallest absolute Gasteiger partial charge is 0.338 e. The average molecular weight is 438 g/mol. The largest absolute Gasteiger partial charge is 0.512 e. The van der Waals surface area contributed by atoms with Crippen LogP contribution in [0.4, 0.5) is 0 Å². The molecular formula is C21H27NO7S. The Kier molecular flexibility index (Phi) is 5.21. The first-order chi connectivity index (χ1) is 14.0. The summed E-state index contributed by atoms with van der Waals surface area (Å²) in [5.41, 5.74) is 1.75. The van der Waals surface area contributed by atoms with Crippen molar-refractivity contribution in [2.75, 3.05) is 0 Å². The second-order valence-corrected chi connectivity index (χ2v) is 10.5. The Morgan fingerprint density at radius 1 is 1.20 bits per heavy atom. The summed E-state index contributed by atoms with van der Waals surface area (Å²) >= 11 is 0. The molecule has 0 radical (unpaired) electrons. The number of hydrogen-bond donors (Lipinski definition) is 2. The van der Waals surface area contributed by atoms with Gasteiger partial charge in [0.05, 0.1) is 29.6 Å². The number of nitrogens with one attached hydrogen (secondary N) is 1. The van der Waals surface area contributed by atoms with Crippen molar-refractivity contribution >= 4 is 16.0 Å². The molecule has 0 amide bonds. The molecule has 0 saturated carbocycles. The molecule has 4 rings (SSSR count). The molecule has 9 heteroatoms. The summed E-state index contributed by atoms with van der Waals surface area (Å²) in [6.07, 6.45) is -1.67. The minimum Gasteiger partial charge on any atom is -0.512 e. The lowest BCUT2D eigenvalue weighted by molar-refractivity contribution is -0.161. The number of carbonyl (C=O) groups is 1. The van der Waals surface area contributed by atoms with Gasteiger partial charge >= 0.3 is 5.97 Å². The van der Waals surface area contributed by atoms with Crippen LogP contribution in [-0.2, 0) is 34.8 Å². The molecule has 1 aromatic rings. The molecule has 2 aliphatic heterocycles. The maximum atomic E-state index is 13.0. The van der Waals surface area contributed by atoms with Gasteiger partial charge in [0.25, 0.3) is 0 Å². The van der Waals surface area contributed by atoms with Gasteiger partial charge in [-0.2, -0.15) is 0 Å². The van der Waals surface area contributed by atoms with Crippen LogP contribution in [0.2, 0.25) is 0 Å². The van der Waals surface area contributed by atoms with E-state index >= 15 is 0 Å². The molecule has 2 N–H and O–H groups in total. The van der Waals surface area contributed by atoms with Crippen LogP contribution >= 0.6 is 0 Å². The predicted octanol–water partition coefficient (Wildman–Crippen LogP) is 2.08. The number of aliphatic hydroxyl groups excluding tert-OH is 1. The van der Waals surface area contributed by atoms with Crippen molar-refractivity contribution in [1.29, 1.82) is 0 Å². The summed E-state index contributed by atoms with van der Waals surface area (Å²) in [5, 5.41) is 10.5. The fourth-order valence-corrected chi connectivity index (χ4v) is 6.01. The number of benzene rings is 1. The molecule has 164 valence electrons. The molecule has 2 fully saturated rings. The zero-order chi connectivity index (χ0) is 21.8. The van der Waals surface area contributed by atoms with E-state index in [0.29, 0.717) is 5.56 Å². The molecule has 2 saturated heterocycles. The predicted molar refractivity (Wildman–Crippen MR) is 108 cm³/mol. The molecule has 3 aliphatic rings. The molecule has 1 aliphatic carbocycles. The Labute approximate surface area is 176 Å². The second kappa shape index (κ2) is 7.33. The van der Waals surface area contributed by atoms with Crippen molar-refractivity contribution in [3.05, 3.63) is 46.7 Å². The second-order valence-electron chi connectivity index (χ2n) is 8.73. The summed E-state index contributed by atoms with van der Waals surface area (Å²) < 4.78 is 45.9. The quantitative estimate of drug-likeness (QED) is 0.694. The molecule has 8 nitrogen and oxygen atoms in total. The first-order valence-corrected chi connectivity index (χ1v) is 11.7. The molecule has 30 heavy (non-hydrogen) atoms. The summed E-state index contributed by atoms with van der Waals surface area (Å²) in [6, 6.07) is 6.45. The van der Waals surface area contributed by atoms with Crippen LogP contribution in [0.1, 0.15) is 38.3 Å². The Hall–Kier alpha value is -1.94. The first-order valence-electron chi connectivity index (χ1n) is 10.00. The average Bonchev–Trinajstić information content (AvgIpc) is 2.93. The van der Waals surface area contributed by atoms with Crippen molar-refractivity contribution in [1.82, 2.24) is 4.72 Å². The van der Waals surface area contributed by atoms with Crippen molar-refractivity contribution in [2.24, 2.45) is 5.92 Å². The van der Waals surface area contributed by atoms with E-state index in [1.54, 1.807) is 32.9 Å². The third kappa shape index (κ3) is 3.99. The highest BCUT2D eigenvalue weighted by molar-refractivity contribution is 7.88. The number of esters is 1. The number of fused-ring (bicyclic) bond motifs is 3. The summed E-state index contributed by atoms with van der Waals surface area (Å²) in [4.78, 5) is 12.5. The lowest BCUT2D eigenvalue weighted by Gasteiger charge is -2.43. The molecule has 1 aromatic carbocycles. The highest BCUT2D eigenvalue weighted by Gasteiger charge is 2.57. The number of rotatable bonds is 4. The van der Waals surface area contributed by atoms with Crippen molar-refractivity contribution < 1.29 is 32.5 Å². The van der Waals surface area contributed by atoms with Gasteiger partial charge < -0.3 is 19.3 Å². The minimum absolute atomic E-state index is 0.0682. The highest BCUT2D eigenvalue weighted by atomic mass is 32.2. The molecule has 2 heterocycles. The van der Waals surface area contributed by atoms with E-state index in [-0.39, 0.29) is 23.5 Å². The number of sulfonamides is 1. The van der Waals surface area contributed by atoms with Gasteiger partial charge in [-0.15, -0.1) is 0 Å². The molecular weight excluding hydrogens is 410 g/mol. The van der Waals surface area contributed by atoms with Crippen LogP contribution in [0.15, 0.2) is 35.6 Å². The maximum Gasteiger partial charge on any atom is 0.338 e. The monoisotopic (exact) mass is 437 g/mol. The van der Waals surface area contributed by atoms with Gasteiger partial charge in [0, 0.05) is 12.3 Å². The molecule has 1 unspecified atom stereocenters. The van der Waals surface area contributed by atoms with Gasteiger partial charge in [-0.05, 0) is 33.3 Å². The number of ether oxygens (including phenoxy) is 3. The number of aryl methyl sites for hydroxylation is 1. The van der Waals surface area contributed by atoms with Gasteiger partial charge in [0.1, 0.15) is 11.9 Å². The van der Waals surface area contributed by atoms with Gasteiger partial charge in [-0.3, -0.25) is 0 Å². The number of carbonyl (C=O) groups excluding carboxylic acids is 1. The standard InChI is InChI=1S/C21H27NO7S/c1-11-5-7-13(8-6-11)10-30(25,26)22-18-12(2)27-20(24)16-14(23)9-15-19(17(16)18)29-21(3,4)28-15/h5-8,12,15,17-19,22-23H,9-10H2,1-4H3/t12-,15+,17?,18-,19-/m0/s1. The van der Waals surface area contributed by atoms with Crippen LogP contribution in [0.25, 0.3) is 0 Å². The lowest BCUT2D eigenvalue weighted by atomic mass is 9.75. The zero-order valence-corrected chi connectivity index (χ0v) is 18.2. The van der Waals surface area contributed by atoms with Crippen molar-refractivity contribution in [3.63, 3.8) is 0 Å². The van der Waals surface area contributed by atoms with E-state index < -0.39 is 52.1 Å². The SMILES string of the molecule is Cc1ccc(CS(=O)(=O)N[C@@H]2C3C(=C(O)C[C@H]4OC(C)(C)O[C@H]34)C(=O)O[C@H]2C)cc1. The van der Waals surface area contributed by atoms with Gasteiger partial charge in [-0.1, -0.05) is 29.8 Å². The molecule has 0 bridgehead atoms. The fraction of sp³-hybridized carbons (Fsp3) is 0.571. The van der Waals surface area contributed by atoms with E-state index in [0.717, 1.165) is 5.56 Å². The topological polar surface area (TPSA) is 111 Å². The lowest BCUT2D eigenvalue weighted by Crippen LogP contribution is -2.59. The third-order valence-electron chi connectivity index (χ3n) is 5.81. The summed E-state index contributed by atoms with van der Waals surface area (Å²) in [5.74, 6) is -2.61. The number of cyclic esters (lactones) is 1. The van der Waals surface area contributed by atoms with Crippen LogP contribution in [0.5, 0.6) is 0 Å². The van der Waals surface area contributed by atoms with E-state index in [9.17, 15) is 18.3 Å². The van der Waals surface area contributed by atoms with Gasteiger partial charge in [0.2, 0.25) is 10.0 Å². The van der Waals surface area contributed by atoms with Gasteiger partial charge in [0.15, 0.2) is 5.79 Å². The third-order valence-corrected chi connectivity index (χ3v) is 7.16. The van der Waals surface area contributed by atoms with E-state index in [2.05, 4.69) is 4.72 Å². The van der Waals surface area contributed by atoms with Crippen LogP contribution in [0.3, 0.4) is 0 Å². The summed E-state index contributed by atoms with van der Waals surface area (Å²) in [6.45, 7) is 7.07. The molecule has 0 spiro atoms. The normalized spacial score (nSPS) is 33.1. The van der Waals surface area contributed by atoms with E-state index in [1.165, 1.54) is 0 Å². The Balaban J connectivity index is 1.65.